The summed E-state index contributed by atoms with van der Waals surface area (Å²) in [7, 11) is 2.91. The van der Waals surface area contributed by atoms with E-state index in [1.165, 1.54) is 29.6 Å². The fourth-order valence-electron chi connectivity index (χ4n) is 2.60. The summed E-state index contributed by atoms with van der Waals surface area (Å²) in [4.78, 5) is 40.5. The summed E-state index contributed by atoms with van der Waals surface area (Å²) in [5.74, 6) is -0.407. The molecular weight excluding hydrogens is 336 g/mol. The summed E-state index contributed by atoms with van der Waals surface area (Å²) in [6, 6.07) is 9.44. The highest BCUT2D eigenvalue weighted by molar-refractivity contribution is 5.99. The van der Waals surface area contributed by atoms with Gasteiger partial charge in [0.15, 0.2) is 11.2 Å². The third-order valence-corrected chi connectivity index (χ3v) is 4.07. The number of aromatic nitrogens is 4. The largest absolute Gasteiger partial charge is 0.332 e. The third-order valence-electron chi connectivity index (χ3n) is 4.07. The standard InChI is InChI=1S/C17H18N6O3/c1-11(12-7-5-4-6-8-12)19-20-13(24)9-23-10-18-15-14(23)16(25)22(3)17(26)21(15)2/h4-8,10H,9H2,1-3H3,(H,20,24)/b19-11-. The van der Waals surface area contributed by atoms with E-state index >= 15 is 0 Å². The molecule has 9 nitrogen and oxygen atoms in total. The Morgan fingerprint density at radius 2 is 1.85 bits per heavy atom. The van der Waals surface area contributed by atoms with Gasteiger partial charge in [0.2, 0.25) is 0 Å². The van der Waals surface area contributed by atoms with Gasteiger partial charge in [-0.3, -0.25) is 18.7 Å². The highest BCUT2D eigenvalue weighted by Gasteiger charge is 2.15. The fraction of sp³-hybridized carbons (Fsp3) is 0.235. The molecule has 0 radical (unpaired) electrons. The van der Waals surface area contributed by atoms with Crippen LogP contribution >= 0.6 is 0 Å². The van der Waals surface area contributed by atoms with E-state index in [0.29, 0.717) is 5.71 Å². The van der Waals surface area contributed by atoms with E-state index in [-0.39, 0.29) is 17.7 Å². The molecule has 1 aromatic carbocycles. The lowest BCUT2D eigenvalue weighted by molar-refractivity contribution is -0.121. The topological polar surface area (TPSA) is 103 Å². The molecule has 1 amide bonds. The predicted molar refractivity (Wildman–Crippen MR) is 97.0 cm³/mol. The van der Waals surface area contributed by atoms with E-state index in [1.807, 2.05) is 30.3 Å². The van der Waals surface area contributed by atoms with Gasteiger partial charge in [0.25, 0.3) is 11.5 Å². The number of nitrogens with one attached hydrogen (secondary N) is 1. The Hall–Kier alpha value is -3.49. The first-order chi connectivity index (χ1) is 12.4. The van der Waals surface area contributed by atoms with E-state index in [2.05, 4.69) is 15.5 Å². The molecular formula is C17H18N6O3. The number of benzene rings is 1. The SMILES string of the molecule is C/C(=N/NC(=O)Cn1cnc2c1c(=O)n(C)c(=O)n2C)c1ccccc1. The molecule has 0 unspecified atom stereocenters. The normalized spacial score (nSPS) is 11.7. The zero-order chi connectivity index (χ0) is 18.8. The number of hydrogen-bond donors (Lipinski definition) is 1. The Labute approximate surface area is 148 Å². The molecule has 0 saturated carbocycles. The molecule has 0 aliphatic carbocycles. The van der Waals surface area contributed by atoms with Gasteiger partial charge in [-0.25, -0.2) is 15.2 Å². The lowest BCUT2D eigenvalue weighted by Gasteiger charge is -2.06. The van der Waals surface area contributed by atoms with Crippen molar-refractivity contribution in [2.75, 3.05) is 0 Å². The highest BCUT2D eigenvalue weighted by atomic mass is 16.2. The molecule has 3 aromatic rings. The van der Waals surface area contributed by atoms with Crippen molar-refractivity contribution in [2.45, 2.75) is 13.5 Å². The van der Waals surface area contributed by atoms with Gasteiger partial charge in [0.1, 0.15) is 6.54 Å². The number of carbonyl (C=O) groups excluding carboxylic acids is 1. The van der Waals surface area contributed by atoms with Crippen LogP contribution in [-0.4, -0.2) is 30.3 Å². The minimum atomic E-state index is -0.502. The zero-order valence-corrected chi connectivity index (χ0v) is 14.6. The van der Waals surface area contributed by atoms with Crippen molar-refractivity contribution in [2.24, 2.45) is 19.2 Å². The summed E-state index contributed by atoms with van der Waals surface area (Å²) in [6.07, 6.45) is 1.36. The molecule has 0 saturated heterocycles. The van der Waals surface area contributed by atoms with Crippen LogP contribution in [0.1, 0.15) is 12.5 Å². The molecule has 0 aliphatic heterocycles. The van der Waals surface area contributed by atoms with E-state index in [9.17, 15) is 14.4 Å². The van der Waals surface area contributed by atoms with Crippen molar-refractivity contribution < 1.29 is 4.79 Å². The maximum atomic E-state index is 12.3. The summed E-state index contributed by atoms with van der Waals surface area (Å²) in [5, 5.41) is 4.07. The molecule has 3 rings (SSSR count). The predicted octanol–water partition coefficient (Wildman–Crippen LogP) is -0.0259. The van der Waals surface area contributed by atoms with Crippen molar-refractivity contribution in [3.63, 3.8) is 0 Å². The lowest BCUT2D eigenvalue weighted by atomic mass is 10.1. The van der Waals surface area contributed by atoms with E-state index < -0.39 is 17.2 Å². The molecule has 2 heterocycles. The number of aryl methyl sites for hydroxylation is 1. The molecule has 0 fully saturated rings. The van der Waals surface area contributed by atoms with Crippen molar-refractivity contribution in [3.05, 3.63) is 63.1 Å². The molecule has 0 atom stereocenters. The number of hydrogen-bond acceptors (Lipinski definition) is 5. The van der Waals surface area contributed by atoms with Gasteiger partial charge >= 0.3 is 5.69 Å². The van der Waals surface area contributed by atoms with Crippen LogP contribution in [0.15, 0.2) is 51.3 Å². The van der Waals surface area contributed by atoms with Crippen molar-refractivity contribution in [1.29, 1.82) is 0 Å². The second-order valence-electron chi connectivity index (χ2n) is 5.85. The fourth-order valence-corrected chi connectivity index (χ4v) is 2.60. The van der Waals surface area contributed by atoms with Gasteiger partial charge in [-0.2, -0.15) is 5.10 Å². The molecule has 26 heavy (non-hydrogen) atoms. The molecule has 0 bridgehead atoms. The highest BCUT2D eigenvalue weighted by Crippen LogP contribution is 2.05. The average Bonchev–Trinajstić information content (AvgIpc) is 3.07. The monoisotopic (exact) mass is 354 g/mol. The maximum Gasteiger partial charge on any atom is 0.332 e. The van der Waals surface area contributed by atoms with Crippen molar-refractivity contribution >= 4 is 22.8 Å². The van der Waals surface area contributed by atoms with Crippen molar-refractivity contribution in [1.82, 2.24) is 24.1 Å². The molecule has 0 spiro atoms. The van der Waals surface area contributed by atoms with Crippen LogP contribution in [0.2, 0.25) is 0 Å². The van der Waals surface area contributed by atoms with Crippen LogP contribution in [0, 0.1) is 0 Å². The van der Waals surface area contributed by atoms with E-state index in [1.54, 1.807) is 6.92 Å². The molecule has 0 aliphatic rings. The first-order valence-electron chi connectivity index (χ1n) is 7.89. The maximum absolute atomic E-state index is 12.3. The number of fused-ring (bicyclic) bond motifs is 1. The Balaban J connectivity index is 1.85. The lowest BCUT2D eigenvalue weighted by Crippen LogP contribution is -2.38. The molecule has 1 N–H and O–H groups in total. The second kappa shape index (κ2) is 6.79. The van der Waals surface area contributed by atoms with Crippen molar-refractivity contribution in [3.8, 4) is 0 Å². The Kier molecular flexibility index (Phi) is 4.53. The Morgan fingerprint density at radius 3 is 2.54 bits per heavy atom. The van der Waals surface area contributed by atoms with Gasteiger partial charge in [-0.05, 0) is 12.5 Å². The number of imidazole rings is 1. The number of hydrazone groups is 1. The first-order valence-corrected chi connectivity index (χ1v) is 7.89. The summed E-state index contributed by atoms with van der Waals surface area (Å²) in [5.41, 5.74) is 3.47. The van der Waals surface area contributed by atoms with E-state index in [4.69, 9.17) is 0 Å². The summed E-state index contributed by atoms with van der Waals surface area (Å²) in [6.45, 7) is 1.64. The molecule has 9 heteroatoms. The number of amides is 1. The Bertz CT molecular complexity index is 1120. The van der Waals surface area contributed by atoms with Crippen LogP contribution in [0.25, 0.3) is 11.2 Å². The Morgan fingerprint density at radius 1 is 1.15 bits per heavy atom. The third kappa shape index (κ3) is 3.06. The van der Waals surface area contributed by atoms with Crippen LogP contribution in [0.4, 0.5) is 0 Å². The van der Waals surface area contributed by atoms with Gasteiger partial charge in [0.05, 0.1) is 12.0 Å². The zero-order valence-electron chi connectivity index (χ0n) is 14.6. The van der Waals surface area contributed by atoms with Gasteiger partial charge in [0, 0.05) is 14.1 Å². The molecule has 2 aromatic heterocycles. The number of carbonyl (C=O) groups is 1. The number of nitrogens with zero attached hydrogens (tertiary/aromatic N) is 5. The minimum Gasteiger partial charge on any atom is -0.315 e. The summed E-state index contributed by atoms with van der Waals surface area (Å²) >= 11 is 0. The second-order valence-corrected chi connectivity index (χ2v) is 5.85. The van der Waals surface area contributed by atoms with E-state index in [0.717, 1.165) is 10.1 Å². The van der Waals surface area contributed by atoms with Crippen LogP contribution < -0.4 is 16.7 Å². The number of rotatable bonds is 4. The van der Waals surface area contributed by atoms with Gasteiger partial charge < -0.3 is 4.57 Å². The molecule has 134 valence electrons. The van der Waals surface area contributed by atoms with Gasteiger partial charge in [-0.15, -0.1) is 0 Å². The summed E-state index contributed by atoms with van der Waals surface area (Å²) < 4.78 is 3.65. The van der Waals surface area contributed by atoms with Crippen LogP contribution in [-0.2, 0) is 25.4 Å². The quantitative estimate of drug-likeness (QED) is 0.525. The van der Waals surface area contributed by atoms with Crippen LogP contribution in [0.5, 0.6) is 0 Å². The minimum absolute atomic E-state index is 0.143. The average molecular weight is 354 g/mol. The van der Waals surface area contributed by atoms with Crippen LogP contribution in [0.3, 0.4) is 0 Å². The smallest absolute Gasteiger partial charge is 0.315 e. The first kappa shape index (κ1) is 17.3. The van der Waals surface area contributed by atoms with Gasteiger partial charge in [-0.1, -0.05) is 30.3 Å².